The molecule has 29 heavy (non-hydrogen) atoms. The predicted molar refractivity (Wildman–Crippen MR) is 109 cm³/mol. The van der Waals surface area contributed by atoms with E-state index in [2.05, 4.69) is 32.6 Å². The Morgan fingerprint density at radius 2 is 1.62 bits per heavy atom. The van der Waals surface area contributed by atoms with E-state index in [1.54, 1.807) is 6.92 Å². The number of hydrogen-bond donors (Lipinski definition) is 0. The molecule has 4 atom stereocenters. The summed E-state index contributed by atoms with van der Waals surface area (Å²) in [5.41, 5.74) is -1.01. The minimum atomic E-state index is -4.37. The molecule has 0 aromatic rings. The van der Waals surface area contributed by atoms with Crippen LogP contribution in [0.4, 0.5) is 0 Å². The highest BCUT2D eigenvalue weighted by atomic mass is 31.2. The van der Waals surface area contributed by atoms with Crippen LogP contribution >= 0.6 is 7.75 Å². The molecular formula is C19H36NO8P. The number of carbonyl (C=O) groups is 2. The van der Waals surface area contributed by atoms with Crippen molar-refractivity contribution in [3.8, 4) is 0 Å². The Hall–Kier alpha value is -1.31. The Kier molecular flexibility index (Phi) is 11.2. The van der Waals surface area contributed by atoms with E-state index in [0.29, 0.717) is 18.8 Å². The molecule has 0 aromatic carbocycles. The highest BCUT2D eigenvalue weighted by Crippen LogP contribution is 2.56. The van der Waals surface area contributed by atoms with E-state index < -0.39 is 38.0 Å². The monoisotopic (exact) mass is 437 g/mol. The molecule has 0 amide bonds. The second-order valence-electron chi connectivity index (χ2n) is 8.11. The molecular weight excluding hydrogens is 401 g/mol. The van der Waals surface area contributed by atoms with Crippen LogP contribution in [0.3, 0.4) is 0 Å². The number of rotatable bonds is 14. The van der Waals surface area contributed by atoms with Crippen molar-refractivity contribution in [3.63, 3.8) is 0 Å². The van der Waals surface area contributed by atoms with Gasteiger partial charge in [-0.3, -0.25) is 18.6 Å². The lowest BCUT2D eigenvalue weighted by atomic mass is 9.69. The fourth-order valence-electron chi connectivity index (χ4n) is 2.90. The van der Waals surface area contributed by atoms with Gasteiger partial charge in [-0.2, -0.15) is 0 Å². The van der Waals surface area contributed by atoms with Gasteiger partial charge in [0.05, 0.1) is 12.2 Å². The normalized spacial score (nSPS) is 18.8. The van der Waals surface area contributed by atoms with Crippen molar-refractivity contribution in [2.45, 2.75) is 86.4 Å². The summed E-state index contributed by atoms with van der Waals surface area (Å²) in [6.45, 7) is 13.6. The number of nitrogens with zero attached hydrogens (tertiary/aromatic N) is 1. The van der Waals surface area contributed by atoms with Gasteiger partial charge in [0.1, 0.15) is 6.61 Å². The van der Waals surface area contributed by atoms with Gasteiger partial charge in [0, 0.05) is 18.8 Å². The fourth-order valence-corrected chi connectivity index (χ4v) is 4.14. The molecule has 0 aliphatic heterocycles. The Morgan fingerprint density at radius 3 is 2.00 bits per heavy atom. The molecule has 4 unspecified atom stereocenters. The maximum Gasteiger partial charge on any atom is 0.490 e. The van der Waals surface area contributed by atoms with E-state index in [1.807, 2.05) is 6.92 Å². The van der Waals surface area contributed by atoms with Crippen molar-refractivity contribution >= 4 is 19.7 Å². The third-order valence-corrected chi connectivity index (χ3v) is 6.74. The first kappa shape index (κ1) is 27.7. The number of carbonyl (C=O) groups excluding carboxylic acids is 2. The minimum Gasteiger partial charge on any atom is -0.462 e. The van der Waals surface area contributed by atoms with Gasteiger partial charge in [-0.05, 0) is 31.1 Å². The first-order valence-electron chi connectivity index (χ1n) is 9.85. The van der Waals surface area contributed by atoms with E-state index in [4.69, 9.17) is 18.5 Å². The molecule has 0 aromatic heterocycles. The molecule has 9 nitrogen and oxygen atoms in total. The van der Waals surface area contributed by atoms with Gasteiger partial charge in [-0.1, -0.05) is 41.0 Å². The summed E-state index contributed by atoms with van der Waals surface area (Å²) < 4.78 is 33.4. The summed E-state index contributed by atoms with van der Waals surface area (Å²) in [6.07, 6.45) is 0.868. The molecule has 0 aliphatic carbocycles. The van der Waals surface area contributed by atoms with E-state index in [-0.39, 0.29) is 12.0 Å². The summed E-state index contributed by atoms with van der Waals surface area (Å²) in [7, 11) is -4.37. The average Bonchev–Trinajstić information content (AvgIpc) is 2.63. The van der Waals surface area contributed by atoms with Gasteiger partial charge in [0.2, 0.25) is 0 Å². The fraction of sp³-hybridized carbons (Fsp3) is 0.895. The van der Waals surface area contributed by atoms with Crippen molar-refractivity contribution in [1.82, 2.24) is 0 Å². The molecule has 170 valence electrons. The molecule has 0 heterocycles. The van der Waals surface area contributed by atoms with Crippen molar-refractivity contribution in [3.05, 3.63) is 4.91 Å². The van der Waals surface area contributed by atoms with E-state index in [0.717, 1.165) is 6.42 Å². The SMILES string of the molecule is CCC(C)(CC(C)(CC)C(C)C)OP(=O)(N=O)OCC(COC(C)=O)OC(C)=O. The summed E-state index contributed by atoms with van der Waals surface area (Å²) in [5, 5.41) is 0. The van der Waals surface area contributed by atoms with Gasteiger partial charge in [0.15, 0.2) is 6.10 Å². The Balaban J connectivity index is 5.33. The van der Waals surface area contributed by atoms with Crippen molar-refractivity contribution in [2.24, 2.45) is 16.3 Å². The molecule has 0 saturated heterocycles. The summed E-state index contributed by atoms with van der Waals surface area (Å²) in [4.78, 5) is 36.1. The second kappa shape index (κ2) is 11.8. The minimum absolute atomic E-state index is 0.103. The lowest BCUT2D eigenvalue weighted by molar-refractivity contribution is -0.158. The number of ether oxygens (including phenoxy) is 2. The third kappa shape index (κ3) is 9.83. The third-order valence-electron chi connectivity index (χ3n) is 5.39. The van der Waals surface area contributed by atoms with Crippen LogP contribution < -0.4 is 0 Å². The highest BCUT2D eigenvalue weighted by molar-refractivity contribution is 7.52. The van der Waals surface area contributed by atoms with Crippen LogP contribution in [0.5, 0.6) is 0 Å². The van der Waals surface area contributed by atoms with Crippen molar-refractivity contribution < 1.29 is 32.7 Å². The van der Waals surface area contributed by atoms with Crippen LogP contribution in [0, 0.1) is 16.2 Å². The Morgan fingerprint density at radius 1 is 1.03 bits per heavy atom. The molecule has 0 fully saturated rings. The Labute approximate surface area is 173 Å². The van der Waals surface area contributed by atoms with Crippen molar-refractivity contribution in [2.75, 3.05) is 13.2 Å². The molecule has 0 N–H and O–H groups in total. The topological polar surface area (TPSA) is 118 Å². The number of esters is 2. The predicted octanol–water partition coefficient (Wildman–Crippen LogP) is 5.02. The van der Waals surface area contributed by atoms with Crippen LogP contribution in [0.2, 0.25) is 0 Å². The van der Waals surface area contributed by atoms with E-state index in [1.165, 1.54) is 13.8 Å². The molecule has 0 rings (SSSR count). The Bertz CT molecular complexity index is 611. The summed E-state index contributed by atoms with van der Waals surface area (Å²) in [5.74, 6) is -0.889. The molecule has 0 spiro atoms. The lowest BCUT2D eigenvalue weighted by Gasteiger charge is -2.41. The molecule has 0 radical (unpaired) electrons. The van der Waals surface area contributed by atoms with Crippen LogP contribution in [-0.4, -0.2) is 36.9 Å². The molecule has 0 saturated carbocycles. The molecule has 10 heteroatoms. The number of nitroso groups, excluding NO2 is 1. The smallest absolute Gasteiger partial charge is 0.462 e. The van der Waals surface area contributed by atoms with Gasteiger partial charge in [-0.15, -0.1) is 4.91 Å². The van der Waals surface area contributed by atoms with Crippen LogP contribution in [0.25, 0.3) is 0 Å². The largest absolute Gasteiger partial charge is 0.490 e. The van der Waals surface area contributed by atoms with Gasteiger partial charge >= 0.3 is 19.7 Å². The second-order valence-corrected chi connectivity index (χ2v) is 9.65. The average molecular weight is 437 g/mol. The maximum absolute atomic E-state index is 12.9. The summed E-state index contributed by atoms with van der Waals surface area (Å²) in [6, 6.07) is 0. The van der Waals surface area contributed by atoms with Gasteiger partial charge < -0.3 is 9.47 Å². The zero-order valence-electron chi connectivity index (χ0n) is 18.9. The number of hydrogen-bond acceptors (Lipinski definition) is 8. The first-order chi connectivity index (χ1) is 13.2. The summed E-state index contributed by atoms with van der Waals surface area (Å²) >= 11 is 0. The quantitative estimate of drug-likeness (QED) is 0.211. The van der Waals surface area contributed by atoms with Crippen LogP contribution in [0.1, 0.15) is 74.7 Å². The standard InChI is InChI=1S/C19H36NO8P/c1-9-18(7,14(3)4)13-19(8,10-2)28-29(24,20-23)26-12-17(27-16(6)22)11-25-15(5)21/h14,17H,9-13H2,1-8H3. The molecule has 0 aliphatic rings. The van der Waals surface area contributed by atoms with E-state index >= 15 is 0 Å². The lowest BCUT2D eigenvalue weighted by Crippen LogP contribution is -2.37. The zero-order valence-corrected chi connectivity index (χ0v) is 19.7. The van der Waals surface area contributed by atoms with E-state index in [9.17, 15) is 19.1 Å². The highest BCUT2D eigenvalue weighted by Gasteiger charge is 2.43. The van der Waals surface area contributed by atoms with Crippen LogP contribution in [-0.2, 0) is 32.7 Å². The molecule has 0 bridgehead atoms. The zero-order chi connectivity index (χ0) is 22.9. The van der Waals surface area contributed by atoms with Gasteiger partial charge in [0.25, 0.3) is 0 Å². The van der Waals surface area contributed by atoms with Crippen LogP contribution in [0.15, 0.2) is 4.95 Å². The maximum atomic E-state index is 12.9. The first-order valence-corrected chi connectivity index (χ1v) is 11.3. The van der Waals surface area contributed by atoms with Gasteiger partial charge in [-0.25, -0.2) is 4.57 Å². The van der Waals surface area contributed by atoms with Crippen molar-refractivity contribution in [1.29, 1.82) is 0 Å².